The van der Waals surface area contributed by atoms with Crippen molar-refractivity contribution in [1.29, 1.82) is 0 Å². The molecule has 0 aliphatic carbocycles. The third-order valence-electron chi connectivity index (χ3n) is 2.51. The van der Waals surface area contributed by atoms with Crippen LogP contribution in [0.15, 0.2) is 41.9 Å². The fraction of sp³-hybridized carbons (Fsp3) is 0.0833. The monoisotopic (exact) mass is 229 g/mol. The molecule has 0 aromatic carbocycles. The van der Waals surface area contributed by atoms with Gasteiger partial charge in [0.05, 0.1) is 5.69 Å². The topological polar surface area (TPSA) is 43.3 Å². The molecule has 3 aromatic rings. The van der Waals surface area contributed by atoms with Crippen molar-refractivity contribution in [3.05, 3.63) is 52.5 Å². The Morgan fingerprint density at radius 3 is 2.94 bits per heavy atom. The van der Waals surface area contributed by atoms with Crippen LogP contribution in [0, 0.1) is 0 Å². The average molecular weight is 229 g/mol. The summed E-state index contributed by atoms with van der Waals surface area (Å²) in [5.41, 5.74) is 7.83. The molecule has 0 aliphatic heterocycles. The molecule has 0 aliphatic rings. The Labute approximate surface area is 97.2 Å². The zero-order valence-corrected chi connectivity index (χ0v) is 9.45. The number of rotatable bonds is 2. The number of hydrogen-bond donors (Lipinski definition) is 1. The van der Waals surface area contributed by atoms with Gasteiger partial charge < -0.3 is 5.73 Å². The van der Waals surface area contributed by atoms with Gasteiger partial charge in [-0.2, -0.15) is 0 Å². The van der Waals surface area contributed by atoms with E-state index in [0.717, 1.165) is 23.6 Å². The number of fused-ring (bicyclic) bond motifs is 1. The molecule has 3 heterocycles. The second-order valence-corrected chi connectivity index (χ2v) is 4.70. The van der Waals surface area contributed by atoms with E-state index in [4.69, 9.17) is 5.73 Å². The van der Waals surface area contributed by atoms with Crippen LogP contribution >= 0.6 is 11.3 Å². The van der Waals surface area contributed by atoms with E-state index < -0.39 is 0 Å². The van der Waals surface area contributed by atoms with Gasteiger partial charge in [0.2, 0.25) is 0 Å². The zero-order chi connectivity index (χ0) is 11.0. The van der Waals surface area contributed by atoms with E-state index in [1.807, 2.05) is 28.8 Å². The molecule has 80 valence electrons. The quantitative estimate of drug-likeness (QED) is 0.734. The highest BCUT2D eigenvalue weighted by Gasteiger charge is 2.04. The minimum absolute atomic E-state index is 0.724. The lowest BCUT2D eigenvalue weighted by atomic mass is 10.3. The molecular formula is C12H11N3S. The van der Waals surface area contributed by atoms with E-state index in [2.05, 4.69) is 22.5 Å². The number of pyridine rings is 1. The molecule has 0 saturated heterocycles. The van der Waals surface area contributed by atoms with Crippen molar-refractivity contribution in [2.75, 3.05) is 5.73 Å². The van der Waals surface area contributed by atoms with E-state index in [-0.39, 0.29) is 0 Å². The van der Waals surface area contributed by atoms with Crippen LogP contribution in [0.2, 0.25) is 0 Å². The Kier molecular flexibility index (Phi) is 2.15. The first-order valence-corrected chi connectivity index (χ1v) is 5.96. The highest BCUT2D eigenvalue weighted by molar-refractivity contribution is 7.09. The number of anilines is 1. The summed E-state index contributed by atoms with van der Waals surface area (Å²) in [6.07, 6.45) is 2.88. The normalized spacial score (nSPS) is 11.0. The summed E-state index contributed by atoms with van der Waals surface area (Å²) in [7, 11) is 0. The Bertz CT molecular complexity index is 610. The van der Waals surface area contributed by atoms with E-state index in [1.54, 1.807) is 11.3 Å². The molecule has 2 N–H and O–H groups in total. The summed E-state index contributed by atoms with van der Waals surface area (Å²) >= 11 is 1.75. The van der Waals surface area contributed by atoms with Crippen molar-refractivity contribution in [3.63, 3.8) is 0 Å². The SMILES string of the molecule is Nc1cccc2nc(Cc3cccs3)cn12. The maximum atomic E-state index is 5.87. The van der Waals surface area contributed by atoms with Gasteiger partial charge >= 0.3 is 0 Å². The van der Waals surface area contributed by atoms with Crippen molar-refractivity contribution in [3.8, 4) is 0 Å². The molecule has 0 radical (unpaired) electrons. The van der Waals surface area contributed by atoms with Gasteiger partial charge in [-0.05, 0) is 23.6 Å². The van der Waals surface area contributed by atoms with Crippen molar-refractivity contribution < 1.29 is 0 Å². The Balaban J connectivity index is 2.02. The average Bonchev–Trinajstić information content (AvgIpc) is 2.88. The van der Waals surface area contributed by atoms with Crippen molar-refractivity contribution in [2.24, 2.45) is 0 Å². The van der Waals surface area contributed by atoms with Gasteiger partial charge in [0, 0.05) is 17.5 Å². The van der Waals surface area contributed by atoms with Crippen LogP contribution in [-0.2, 0) is 6.42 Å². The van der Waals surface area contributed by atoms with Crippen LogP contribution in [0.25, 0.3) is 5.65 Å². The largest absolute Gasteiger partial charge is 0.385 e. The first-order valence-electron chi connectivity index (χ1n) is 5.08. The van der Waals surface area contributed by atoms with Gasteiger partial charge in [-0.1, -0.05) is 12.1 Å². The van der Waals surface area contributed by atoms with Crippen LogP contribution in [0.3, 0.4) is 0 Å². The zero-order valence-electron chi connectivity index (χ0n) is 8.63. The smallest absolute Gasteiger partial charge is 0.138 e. The molecule has 3 aromatic heterocycles. The minimum atomic E-state index is 0.724. The van der Waals surface area contributed by atoms with Crippen molar-refractivity contribution in [2.45, 2.75) is 6.42 Å². The number of aromatic nitrogens is 2. The number of hydrogen-bond acceptors (Lipinski definition) is 3. The predicted octanol–water partition coefficient (Wildman–Crippen LogP) is 2.57. The molecule has 4 heteroatoms. The molecule has 3 nitrogen and oxygen atoms in total. The van der Waals surface area contributed by atoms with Crippen molar-refractivity contribution >= 4 is 22.8 Å². The second-order valence-electron chi connectivity index (χ2n) is 3.67. The molecule has 0 fully saturated rings. The lowest BCUT2D eigenvalue weighted by Crippen LogP contribution is -1.93. The van der Waals surface area contributed by atoms with Crippen LogP contribution in [0.4, 0.5) is 5.82 Å². The van der Waals surface area contributed by atoms with Gasteiger partial charge in [-0.15, -0.1) is 11.3 Å². The fourth-order valence-electron chi connectivity index (χ4n) is 1.76. The van der Waals surface area contributed by atoms with E-state index in [0.29, 0.717) is 0 Å². The molecular weight excluding hydrogens is 218 g/mol. The lowest BCUT2D eigenvalue weighted by Gasteiger charge is -1.95. The summed E-state index contributed by atoms with van der Waals surface area (Å²) in [4.78, 5) is 5.86. The van der Waals surface area contributed by atoms with Crippen LogP contribution < -0.4 is 5.73 Å². The van der Waals surface area contributed by atoms with Gasteiger partial charge in [-0.25, -0.2) is 4.98 Å². The molecule has 0 saturated carbocycles. The van der Waals surface area contributed by atoms with Crippen LogP contribution in [-0.4, -0.2) is 9.38 Å². The van der Waals surface area contributed by atoms with Crippen LogP contribution in [0.1, 0.15) is 10.6 Å². The summed E-state index contributed by atoms with van der Waals surface area (Å²) in [5.74, 6) is 0.724. The number of nitrogens with zero attached hydrogens (tertiary/aromatic N) is 2. The molecule has 0 unspecified atom stereocenters. The Morgan fingerprint density at radius 1 is 1.25 bits per heavy atom. The third kappa shape index (κ3) is 1.57. The summed E-state index contributed by atoms with van der Waals surface area (Å²) in [5, 5.41) is 2.08. The minimum Gasteiger partial charge on any atom is -0.385 e. The third-order valence-corrected chi connectivity index (χ3v) is 3.39. The number of thiophene rings is 1. The maximum Gasteiger partial charge on any atom is 0.138 e. The first kappa shape index (κ1) is 9.42. The molecule has 0 amide bonds. The highest BCUT2D eigenvalue weighted by atomic mass is 32.1. The van der Waals surface area contributed by atoms with E-state index in [9.17, 15) is 0 Å². The highest BCUT2D eigenvalue weighted by Crippen LogP contribution is 2.16. The number of imidazole rings is 1. The van der Waals surface area contributed by atoms with E-state index >= 15 is 0 Å². The van der Waals surface area contributed by atoms with Gasteiger partial charge in [0.15, 0.2) is 0 Å². The Morgan fingerprint density at radius 2 is 2.19 bits per heavy atom. The standard InChI is InChI=1S/C12H11N3S/c13-11-4-1-5-12-14-9(8-15(11)12)7-10-3-2-6-16-10/h1-6,8H,7,13H2. The fourth-order valence-corrected chi connectivity index (χ4v) is 2.48. The van der Waals surface area contributed by atoms with Crippen molar-refractivity contribution in [1.82, 2.24) is 9.38 Å². The van der Waals surface area contributed by atoms with Gasteiger partial charge in [0.25, 0.3) is 0 Å². The van der Waals surface area contributed by atoms with Gasteiger partial charge in [-0.3, -0.25) is 4.40 Å². The number of nitrogen functional groups attached to an aromatic ring is 1. The maximum absolute atomic E-state index is 5.87. The molecule has 0 spiro atoms. The summed E-state index contributed by atoms with van der Waals surface area (Å²) < 4.78 is 1.92. The van der Waals surface area contributed by atoms with Crippen LogP contribution in [0.5, 0.6) is 0 Å². The van der Waals surface area contributed by atoms with E-state index in [1.165, 1.54) is 4.88 Å². The predicted molar refractivity (Wildman–Crippen MR) is 66.7 cm³/mol. The molecule has 0 atom stereocenters. The first-order chi connectivity index (χ1) is 7.83. The number of nitrogens with two attached hydrogens (primary N) is 1. The lowest BCUT2D eigenvalue weighted by molar-refractivity contribution is 1.14. The molecule has 3 rings (SSSR count). The summed E-state index contributed by atoms with van der Waals surface area (Å²) in [6.45, 7) is 0. The Hall–Kier alpha value is -1.81. The molecule has 0 bridgehead atoms. The second kappa shape index (κ2) is 3.64. The summed E-state index contributed by atoms with van der Waals surface area (Å²) in [6, 6.07) is 9.95. The van der Waals surface area contributed by atoms with Gasteiger partial charge in [0.1, 0.15) is 11.5 Å². The molecule has 16 heavy (non-hydrogen) atoms.